The van der Waals surface area contributed by atoms with E-state index in [1.165, 1.54) is 12.1 Å². The first-order chi connectivity index (χ1) is 14.5. The van der Waals surface area contributed by atoms with Crippen molar-refractivity contribution in [1.82, 2.24) is 9.78 Å². The summed E-state index contributed by atoms with van der Waals surface area (Å²) in [5.41, 5.74) is 1.55. The van der Waals surface area contributed by atoms with E-state index in [2.05, 4.69) is 10.4 Å². The van der Waals surface area contributed by atoms with Gasteiger partial charge in [0.15, 0.2) is 5.69 Å². The second kappa shape index (κ2) is 8.00. The first-order valence-corrected chi connectivity index (χ1v) is 9.22. The van der Waals surface area contributed by atoms with Crippen LogP contribution in [-0.2, 0) is 11.3 Å². The van der Waals surface area contributed by atoms with Gasteiger partial charge < -0.3 is 10.4 Å². The Morgan fingerprint density at radius 1 is 0.867 bits per heavy atom. The number of carbonyl (C=O) groups is 2. The van der Waals surface area contributed by atoms with Crippen LogP contribution in [-0.4, -0.2) is 26.8 Å². The number of para-hydroxylation sites is 1. The molecule has 0 unspecified atom stereocenters. The zero-order valence-corrected chi connectivity index (χ0v) is 15.8. The maximum Gasteiger partial charge on any atom is 0.357 e. The quantitative estimate of drug-likeness (QED) is 0.536. The fourth-order valence-electron chi connectivity index (χ4n) is 3.29. The van der Waals surface area contributed by atoms with Crippen molar-refractivity contribution in [2.75, 3.05) is 5.32 Å². The number of nitrogens with one attached hydrogen (secondary N) is 1. The van der Waals surface area contributed by atoms with E-state index in [0.29, 0.717) is 5.69 Å². The summed E-state index contributed by atoms with van der Waals surface area (Å²) in [6, 6.07) is 23.2. The van der Waals surface area contributed by atoms with E-state index < -0.39 is 24.0 Å². The van der Waals surface area contributed by atoms with Gasteiger partial charge in [0.2, 0.25) is 5.91 Å². The van der Waals surface area contributed by atoms with E-state index in [4.69, 9.17) is 0 Å². The van der Waals surface area contributed by atoms with Crippen LogP contribution in [0, 0.1) is 0 Å². The molecule has 1 amide bonds. The molecule has 30 heavy (non-hydrogen) atoms. The van der Waals surface area contributed by atoms with Crippen LogP contribution in [0.1, 0.15) is 10.5 Å². The SMILES string of the molecule is O=C(Cn1nc(C(=O)O)c2ccccc2c1=O)Nc1ccccc1-c1ccccc1. The number of anilines is 1. The second-order valence-corrected chi connectivity index (χ2v) is 6.62. The topological polar surface area (TPSA) is 101 Å². The predicted octanol–water partition coefficient (Wildman–Crippen LogP) is 3.40. The number of aromatic carboxylic acids is 1. The molecule has 4 aromatic rings. The van der Waals surface area contributed by atoms with Gasteiger partial charge in [-0.1, -0.05) is 66.7 Å². The number of fused-ring (bicyclic) bond motifs is 1. The molecule has 1 aromatic heterocycles. The minimum Gasteiger partial charge on any atom is -0.476 e. The molecule has 0 saturated carbocycles. The highest BCUT2D eigenvalue weighted by atomic mass is 16.4. The third kappa shape index (κ3) is 3.68. The van der Waals surface area contributed by atoms with E-state index >= 15 is 0 Å². The molecule has 0 aliphatic rings. The van der Waals surface area contributed by atoms with Crippen LogP contribution in [0.2, 0.25) is 0 Å². The molecular formula is C23H17N3O4. The zero-order chi connectivity index (χ0) is 21.1. The summed E-state index contributed by atoms with van der Waals surface area (Å²) in [4.78, 5) is 37.0. The van der Waals surface area contributed by atoms with Crippen LogP contribution < -0.4 is 10.9 Å². The molecule has 2 N–H and O–H groups in total. The highest BCUT2D eigenvalue weighted by molar-refractivity contribution is 6.01. The molecule has 0 spiro atoms. The molecule has 3 aromatic carbocycles. The van der Waals surface area contributed by atoms with E-state index in [9.17, 15) is 19.5 Å². The van der Waals surface area contributed by atoms with Gasteiger partial charge in [-0.15, -0.1) is 0 Å². The summed E-state index contributed by atoms with van der Waals surface area (Å²) >= 11 is 0. The second-order valence-electron chi connectivity index (χ2n) is 6.62. The molecule has 0 radical (unpaired) electrons. The highest BCUT2D eigenvalue weighted by Crippen LogP contribution is 2.27. The number of aromatic nitrogens is 2. The Labute approximate surface area is 171 Å². The van der Waals surface area contributed by atoms with Crippen molar-refractivity contribution >= 4 is 28.3 Å². The Morgan fingerprint density at radius 2 is 1.50 bits per heavy atom. The normalized spacial score (nSPS) is 10.7. The molecule has 1 heterocycles. The van der Waals surface area contributed by atoms with Crippen molar-refractivity contribution in [2.24, 2.45) is 0 Å². The fourth-order valence-corrected chi connectivity index (χ4v) is 3.29. The van der Waals surface area contributed by atoms with Gasteiger partial charge in [0.25, 0.3) is 5.56 Å². The summed E-state index contributed by atoms with van der Waals surface area (Å²) in [5, 5.41) is 16.6. The van der Waals surface area contributed by atoms with Crippen molar-refractivity contribution in [3.8, 4) is 11.1 Å². The van der Waals surface area contributed by atoms with Crippen molar-refractivity contribution in [3.63, 3.8) is 0 Å². The lowest BCUT2D eigenvalue weighted by molar-refractivity contribution is -0.117. The number of hydrogen-bond donors (Lipinski definition) is 2. The summed E-state index contributed by atoms with van der Waals surface area (Å²) in [6.45, 7) is -0.410. The van der Waals surface area contributed by atoms with Gasteiger partial charge in [-0.2, -0.15) is 5.10 Å². The van der Waals surface area contributed by atoms with Crippen LogP contribution in [0.5, 0.6) is 0 Å². The molecule has 0 aliphatic carbocycles. The molecular weight excluding hydrogens is 382 g/mol. The molecule has 4 rings (SSSR count). The van der Waals surface area contributed by atoms with Gasteiger partial charge in [-0.25, -0.2) is 9.48 Å². The zero-order valence-electron chi connectivity index (χ0n) is 15.8. The van der Waals surface area contributed by atoms with Crippen LogP contribution >= 0.6 is 0 Å². The lowest BCUT2D eigenvalue weighted by Gasteiger charge is -2.12. The van der Waals surface area contributed by atoms with Gasteiger partial charge in [0.1, 0.15) is 6.54 Å². The van der Waals surface area contributed by atoms with Crippen molar-refractivity contribution in [2.45, 2.75) is 6.54 Å². The number of amides is 1. The number of carboxylic acid groups (broad SMARTS) is 1. The molecule has 7 heteroatoms. The standard InChI is InChI=1S/C23H17N3O4/c27-20(24-19-13-7-6-10-16(19)15-8-2-1-3-9-15)14-26-22(28)18-12-5-4-11-17(18)21(25-26)23(29)30/h1-13H,14H2,(H,24,27)(H,29,30). The third-order valence-corrected chi connectivity index (χ3v) is 4.65. The average Bonchev–Trinajstić information content (AvgIpc) is 2.76. The van der Waals surface area contributed by atoms with Crippen LogP contribution in [0.15, 0.2) is 83.7 Å². The van der Waals surface area contributed by atoms with Gasteiger partial charge in [-0.05, 0) is 17.7 Å². The maximum absolute atomic E-state index is 12.7. The molecule has 0 bridgehead atoms. The smallest absolute Gasteiger partial charge is 0.357 e. The molecule has 0 atom stereocenters. The monoisotopic (exact) mass is 399 g/mol. The van der Waals surface area contributed by atoms with Crippen LogP contribution in [0.25, 0.3) is 21.9 Å². The Morgan fingerprint density at radius 3 is 2.23 bits per heavy atom. The lowest BCUT2D eigenvalue weighted by atomic mass is 10.0. The van der Waals surface area contributed by atoms with Gasteiger partial charge in [0.05, 0.1) is 5.39 Å². The Hall–Kier alpha value is -4.26. The summed E-state index contributed by atoms with van der Waals surface area (Å²) in [5.74, 6) is -1.76. The van der Waals surface area contributed by atoms with E-state index in [1.54, 1.807) is 24.3 Å². The number of benzene rings is 3. The van der Waals surface area contributed by atoms with E-state index in [-0.39, 0.29) is 16.5 Å². The first-order valence-electron chi connectivity index (χ1n) is 9.22. The highest BCUT2D eigenvalue weighted by Gasteiger charge is 2.17. The summed E-state index contributed by atoms with van der Waals surface area (Å²) < 4.78 is 0.881. The van der Waals surface area contributed by atoms with E-state index in [0.717, 1.165) is 15.8 Å². The van der Waals surface area contributed by atoms with Gasteiger partial charge in [0, 0.05) is 16.6 Å². The molecule has 0 saturated heterocycles. The first kappa shape index (κ1) is 19.1. The summed E-state index contributed by atoms with van der Waals surface area (Å²) in [7, 11) is 0. The minimum absolute atomic E-state index is 0.197. The van der Waals surface area contributed by atoms with Crippen molar-refractivity contribution in [3.05, 3.63) is 94.9 Å². The Balaban J connectivity index is 1.67. The number of rotatable bonds is 5. The average molecular weight is 399 g/mol. The van der Waals surface area contributed by atoms with E-state index in [1.807, 2.05) is 42.5 Å². The number of carboxylic acids is 1. The number of carbonyl (C=O) groups excluding carboxylic acids is 1. The third-order valence-electron chi connectivity index (χ3n) is 4.65. The maximum atomic E-state index is 12.7. The van der Waals surface area contributed by atoms with Crippen molar-refractivity contribution < 1.29 is 14.7 Å². The Kier molecular flexibility index (Phi) is 5.09. The van der Waals surface area contributed by atoms with Crippen LogP contribution in [0.3, 0.4) is 0 Å². The fraction of sp³-hybridized carbons (Fsp3) is 0.0435. The molecule has 7 nitrogen and oxygen atoms in total. The van der Waals surface area contributed by atoms with Crippen LogP contribution in [0.4, 0.5) is 5.69 Å². The number of nitrogens with zero attached hydrogens (tertiary/aromatic N) is 2. The molecule has 148 valence electrons. The molecule has 0 fully saturated rings. The lowest BCUT2D eigenvalue weighted by Crippen LogP contribution is -2.31. The summed E-state index contributed by atoms with van der Waals surface area (Å²) in [6.07, 6.45) is 0. The molecule has 0 aliphatic heterocycles. The van der Waals surface area contributed by atoms with Gasteiger partial charge in [-0.3, -0.25) is 9.59 Å². The van der Waals surface area contributed by atoms with Gasteiger partial charge >= 0.3 is 5.97 Å². The Bertz CT molecular complexity index is 1310. The van der Waals surface area contributed by atoms with Crippen molar-refractivity contribution in [1.29, 1.82) is 0 Å². The largest absolute Gasteiger partial charge is 0.476 e. The number of hydrogen-bond acceptors (Lipinski definition) is 4. The minimum atomic E-state index is -1.27. The predicted molar refractivity (Wildman–Crippen MR) is 113 cm³/mol.